The maximum atomic E-state index is 12.5. The van der Waals surface area contributed by atoms with Gasteiger partial charge in [0.15, 0.2) is 4.96 Å². The molecule has 0 radical (unpaired) electrons. The summed E-state index contributed by atoms with van der Waals surface area (Å²) >= 11 is 1.36. The fourth-order valence-corrected chi connectivity index (χ4v) is 4.85. The number of nitrogens with zero attached hydrogens (tertiary/aromatic N) is 3. The van der Waals surface area contributed by atoms with Gasteiger partial charge in [-0.05, 0) is 38.0 Å². The van der Waals surface area contributed by atoms with Gasteiger partial charge >= 0.3 is 5.97 Å². The summed E-state index contributed by atoms with van der Waals surface area (Å²) in [6.07, 6.45) is 1.82. The van der Waals surface area contributed by atoms with Gasteiger partial charge in [0.2, 0.25) is 5.91 Å². The minimum absolute atomic E-state index is 0.0373. The van der Waals surface area contributed by atoms with Crippen molar-refractivity contribution in [2.75, 3.05) is 16.8 Å². The fourth-order valence-electron chi connectivity index (χ4n) is 3.95. The number of fused-ring (bicyclic) bond motifs is 4. The van der Waals surface area contributed by atoms with E-state index in [0.717, 1.165) is 30.8 Å². The number of amides is 1. The lowest BCUT2D eigenvalue weighted by Crippen LogP contribution is -2.43. The minimum atomic E-state index is -0.532. The van der Waals surface area contributed by atoms with E-state index < -0.39 is 5.97 Å². The van der Waals surface area contributed by atoms with Gasteiger partial charge in [-0.2, -0.15) is 0 Å². The quantitative estimate of drug-likeness (QED) is 0.667. The number of carbonyl (C=O) groups excluding carboxylic acids is 2. The molecule has 3 aromatic rings. The van der Waals surface area contributed by atoms with E-state index in [1.165, 1.54) is 21.8 Å². The lowest BCUT2D eigenvalue weighted by atomic mass is 10.1. The molecule has 1 saturated heterocycles. The number of ether oxygens (including phenoxy) is 1. The standard InChI is InChI=1S/C20H18N4O4S/c1-11-10-29-20-21-13(8-17(25)24(11)20)9-28-19(27)12-4-5-15-14(7-12)22-18(26)16-3-2-6-23(15)16/h4-5,7-8,10,16H,2-3,6,9H2,1H3,(H,22,26). The molecule has 148 valence electrons. The first-order valence-corrected chi connectivity index (χ1v) is 10.2. The van der Waals surface area contributed by atoms with E-state index in [1.54, 1.807) is 12.1 Å². The van der Waals surface area contributed by atoms with Crippen LogP contribution in [0.3, 0.4) is 0 Å². The van der Waals surface area contributed by atoms with Crippen LogP contribution in [0, 0.1) is 6.92 Å². The van der Waals surface area contributed by atoms with Crippen molar-refractivity contribution in [2.24, 2.45) is 0 Å². The Morgan fingerprint density at radius 1 is 1.34 bits per heavy atom. The van der Waals surface area contributed by atoms with E-state index in [9.17, 15) is 14.4 Å². The van der Waals surface area contributed by atoms with E-state index in [-0.39, 0.29) is 24.1 Å². The van der Waals surface area contributed by atoms with Gasteiger partial charge in [-0.3, -0.25) is 14.0 Å². The maximum absolute atomic E-state index is 12.5. The summed E-state index contributed by atoms with van der Waals surface area (Å²) in [5, 5.41) is 4.74. The number of rotatable bonds is 3. The highest BCUT2D eigenvalue weighted by molar-refractivity contribution is 7.15. The predicted octanol–water partition coefficient (Wildman–Crippen LogP) is 2.34. The highest BCUT2D eigenvalue weighted by atomic mass is 32.1. The summed E-state index contributed by atoms with van der Waals surface area (Å²) in [5.41, 5.74) is 2.91. The Balaban J connectivity index is 1.35. The van der Waals surface area contributed by atoms with E-state index in [1.807, 2.05) is 18.4 Å². The third-order valence-corrected chi connectivity index (χ3v) is 6.28. The van der Waals surface area contributed by atoms with E-state index in [2.05, 4.69) is 15.2 Å². The third kappa shape index (κ3) is 2.98. The molecule has 2 aliphatic rings. The highest BCUT2D eigenvalue weighted by Crippen LogP contribution is 2.37. The number of anilines is 2. The summed E-state index contributed by atoms with van der Waals surface area (Å²) in [4.78, 5) is 44.0. The normalized spacial score (nSPS) is 17.8. The summed E-state index contributed by atoms with van der Waals surface area (Å²) in [6.45, 7) is 2.57. The Labute approximate surface area is 169 Å². The fraction of sp³-hybridized carbons (Fsp3) is 0.300. The van der Waals surface area contributed by atoms with Crippen LogP contribution in [0.25, 0.3) is 4.96 Å². The van der Waals surface area contributed by atoms with Crippen LogP contribution in [0.2, 0.25) is 0 Å². The average Bonchev–Trinajstić information content (AvgIpc) is 3.34. The number of carbonyl (C=O) groups is 2. The molecule has 2 aliphatic heterocycles. The molecule has 1 N–H and O–H groups in total. The highest BCUT2D eigenvalue weighted by Gasteiger charge is 2.36. The van der Waals surface area contributed by atoms with Crippen LogP contribution in [-0.4, -0.2) is 33.8 Å². The van der Waals surface area contributed by atoms with Gasteiger partial charge in [-0.15, -0.1) is 11.3 Å². The van der Waals surface area contributed by atoms with Crippen molar-refractivity contribution in [3.8, 4) is 0 Å². The molecule has 1 atom stereocenters. The van der Waals surface area contributed by atoms with Crippen molar-refractivity contribution in [3.63, 3.8) is 0 Å². The summed E-state index contributed by atoms with van der Waals surface area (Å²) in [7, 11) is 0. The lowest BCUT2D eigenvalue weighted by molar-refractivity contribution is -0.117. The monoisotopic (exact) mass is 410 g/mol. The average molecular weight is 410 g/mol. The second kappa shape index (κ2) is 6.70. The van der Waals surface area contributed by atoms with E-state index in [4.69, 9.17) is 4.74 Å². The lowest BCUT2D eigenvalue weighted by Gasteiger charge is -2.33. The second-order valence-corrected chi connectivity index (χ2v) is 8.07. The molecule has 0 saturated carbocycles. The number of hydrogen-bond acceptors (Lipinski definition) is 7. The number of aryl methyl sites for hydroxylation is 1. The summed E-state index contributed by atoms with van der Waals surface area (Å²) in [6, 6.07) is 6.43. The molecule has 0 bridgehead atoms. The maximum Gasteiger partial charge on any atom is 0.338 e. The van der Waals surface area contributed by atoms with Crippen molar-refractivity contribution < 1.29 is 14.3 Å². The second-order valence-electron chi connectivity index (χ2n) is 7.23. The first-order chi connectivity index (χ1) is 14.0. The van der Waals surface area contributed by atoms with Crippen molar-refractivity contribution in [3.05, 3.63) is 57.0 Å². The molecular formula is C20H18N4O4S. The van der Waals surface area contributed by atoms with Crippen molar-refractivity contribution in [2.45, 2.75) is 32.4 Å². The molecule has 0 spiro atoms. The van der Waals surface area contributed by atoms with Gasteiger partial charge in [-0.25, -0.2) is 9.78 Å². The first-order valence-electron chi connectivity index (χ1n) is 9.37. The molecule has 4 heterocycles. The molecule has 9 heteroatoms. The molecule has 29 heavy (non-hydrogen) atoms. The van der Waals surface area contributed by atoms with Crippen molar-refractivity contribution in [1.82, 2.24) is 9.38 Å². The zero-order valence-corrected chi connectivity index (χ0v) is 16.5. The van der Waals surface area contributed by atoms with Gasteiger partial charge in [-0.1, -0.05) is 0 Å². The zero-order chi connectivity index (χ0) is 20.1. The van der Waals surface area contributed by atoms with Gasteiger partial charge < -0.3 is 15.0 Å². The van der Waals surface area contributed by atoms with Gasteiger partial charge in [0.05, 0.1) is 22.6 Å². The Hall–Kier alpha value is -3.20. The van der Waals surface area contributed by atoms with E-state index >= 15 is 0 Å². The number of nitrogens with one attached hydrogen (secondary N) is 1. The topological polar surface area (TPSA) is 93.0 Å². The zero-order valence-electron chi connectivity index (χ0n) is 15.7. The van der Waals surface area contributed by atoms with E-state index in [0.29, 0.717) is 21.9 Å². The Morgan fingerprint density at radius 3 is 3.07 bits per heavy atom. The molecule has 1 unspecified atom stereocenters. The molecule has 2 aromatic heterocycles. The Morgan fingerprint density at radius 2 is 2.21 bits per heavy atom. The summed E-state index contributed by atoms with van der Waals surface area (Å²) < 4.78 is 6.88. The summed E-state index contributed by atoms with van der Waals surface area (Å²) in [5.74, 6) is -0.570. The molecule has 1 amide bonds. The van der Waals surface area contributed by atoms with Crippen molar-refractivity contribution in [1.29, 1.82) is 0 Å². The third-order valence-electron chi connectivity index (χ3n) is 5.33. The van der Waals surface area contributed by atoms with Crippen LogP contribution < -0.4 is 15.8 Å². The van der Waals surface area contributed by atoms with Crippen molar-refractivity contribution >= 4 is 39.5 Å². The van der Waals surface area contributed by atoms with Crippen LogP contribution >= 0.6 is 11.3 Å². The van der Waals surface area contributed by atoms with Crippen LogP contribution in [-0.2, 0) is 16.1 Å². The Kier molecular flexibility index (Phi) is 4.13. The Bertz CT molecular complexity index is 1210. The van der Waals surface area contributed by atoms with Crippen LogP contribution in [0.4, 0.5) is 11.4 Å². The van der Waals surface area contributed by atoms with Crippen LogP contribution in [0.5, 0.6) is 0 Å². The molecular weight excluding hydrogens is 392 g/mol. The predicted molar refractivity (Wildman–Crippen MR) is 109 cm³/mol. The van der Waals surface area contributed by atoms with Crippen LogP contribution in [0.1, 0.15) is 34.6 Å². The van der Waals surface area contributed by atoms with Crippen LogP contribution in [0.15, 0.2) is 34.4 Å². The number of esters is 1. The molecule has 5 rings (SSSR count). The number of thiazole rings is 1. The van der Waals surface area contributed by atoms with Gasteiger partial charge in [0, 0.05) is 23.7 Å². The largest absolute Gasteiger partial charge is 0.456 e. The molecule has 1 aromatic carbocycles. The molecule has 0 aliphatic carbocycles. The number of benzene rings is 1. The molecule has 8 nitrogen and oxygen atoms in total. The first kappa shape index (κ1) is 17.9. The number of hydrogen-bond donors (Lipinski definition) is 1. The minimum Gasteiger partial charge on any atom is -0.456 e. The smallest absolute Gasteiger partial charge is 0.338 e. The molecule has 1 fully saturated rings. The van der Waals surface area contributed by atoms with Gasteiger partial charge in [0.1, 0.15) is 12.6 Å². The number of aromatic nitrogens is 2. The van der Waals surface area contributed by atoms with Gasteiger partial charge in [0.25, 0.3) is 5.56 Å². The SMILES string of the molecule is Cc1csc2nc(COC(=O)c3ccc4c(c3)NC(=O)C3CCCN43)cc(=O)n12.